The molecule has 0 aromatic heterocycles. The van der Waals surface area contributed by atoms with Crippen LogP contribution in [0.1, 0.15) is 38.3 Å². The van der Waals surface area contributed by atoms with Crippen LogP contribution >= 0.6 is 11.9 Å². The number of likely N-dealkylation sites (N-methyl/N-ethyl adjacent to an activating group) is 1. The Morgan fingerprint density at radius 2 is 2.00 bits per heavy atom. The molecule has 1 aromatic carbocycles. The van der Waals surface area contributed by atoms with E-state index >= 15 is 0 Å². The summed E-state index contributed by atoms with van der Waals surface area (Å²) in [5, 5.41) is 3.08. The van der Waals surface area contributed by atoms with Crippen molar-refractivity contribution in [1.29, 1.82) is 0 Å². The minimum absolute atomic E-state index is 0.165. The molecule has 3 nitrogen and oxygen atoms in total. The lowest BCUT2D eigenvalue weighted by atomic mass is 9.98. The zero-order chi connectivity index (χ0) is 20.7. The Balaban J connectivity index is 0.00000136. The molecule has 7 heteroatoms. The first-order valence-corrected chi connectivity index (χ1v) is 10.2. The largest absolute Gasteiger partial charge is 0.374 e. The molecule has 0 saturated carbocycles. The van der Waals surface area contributed by atoms with Gasteiger partial charge in [-0.25, -0.2) is 13.2 Å². The molecule has 0 radical (unpaired) electrons. The molecule has 0 saturated heterocycles. The quantitative estimate of drug-likeness (QED) is 0.611. The highest BCUT2D eigenvalue weighted by Crippen LogP contribution is 2.44. The Bertz CT molecular complexity index is 764. The van der Waals surface area contributed by atoms with Crippen LogP contribution in [-0.2, 0) is 4.74 Å². The number of ether oxygens (including phenoxy) is 1. The second-order valence-corrected chi connectivity index (χ2v) is 7.26. The molecule has 0 amide bonds. The third-order valence-corrected chi connectivity index (χ3v) is 5.41. The fourth-order valence-corrected chi connectivity index (χ4v) is 4.37. The van der Waals surface area contributed by atoms with E-state index < -0.39 is 23.8 Å². The van der Waals surface area contributed by atoms with Gasteiger partial charge in [-0.2, -0.15) is 0 Å². The van der Waals surface area contributed by atoms with E-state index in [0.29, 0.717) is 24.9 Å². The number of nitrogens with one attached hydrogen (secondary N) is 1. The third kappa shape index (κ3) is 5.21. The first-order chi connectivity index (χ1) is 13.5. The van der Waals surface area contributed by atoms with Gasteiger partial charge in [-0.15, -0.1) is 0 Å². The van der Waals surface area contributed by atoms with Gasteiger partial charge < -0.3 is 14.4 Å². The van der Waals surface area contributed by atoms with Gasteiger partial charge in [0, 0.05) is 42.8 Å². The normalized spacial score (nSPS) is 21.5. The van der Waals surface area contributed by atoms with Gasteiger partial charge in [0.1, 0.15) is 23.6 Å². The topological polar surface area (TPSA) is 24.5 Å². The summed E-state index contributed by atoms with van der Waals surface area (Å²) in [6, 6.07) is 3.08. The summed E-state index contributed by atoms with van der Waals surface area (Å²) in [5.74, 6) is -1.41. The molecular formula is C21H27F3N2OS. The van der Waals surface area contributed by atoms with Crippen molar-refractivity contribution in [1.82, 2.24) is 9.62 Å². The van der Waals surface area contributed by atoms with Crippen LogP contribution in [0.2, 0.25) is 0 Å². The van der Waals surface area contributed by atoms with E-state index in [1.54, 1.807) is 7.11 Å². The number of methoxy groups -OCH3 is 1. The molecule has 28 heavy (non-hydrogen) atoms. The Kier molecular flexibility index (Phi) is 8.66. The SMILES string of the molecule is CC.CNCC1=CN(SC2=CCCC(F)=C2)C(c2ccc(F)cc2F)C1OC. The molecule has 154 valence electrons. The summed E-state index contributed by atoms with van der Waals surface area (Å²) in [5.41, 5.74) is 1.28. The molecule has 2 unspecified atom stereocenters. The molecule has 0 bridgehead atoms. The number of benzene rings is 1. The highest BCUT2D eigenvalue weighted by atomic mass is 32.2. The van der Waals surface area contributed by atoms with Gasteiger partial charge in [-0.3, -0.25) is 0 Å². The van der Waals surface area contributed by atoms with Crippen molar-refractivity contribution in [3.8, 4) is 0 Å². The number of hydrogen-bond acceptors (Lipinski definition) is 4. The Labute approximate surface area is 169 Å². The lowest BCUT2D eigenvalue weighted by molar-refractivity contribution is 0.0942. The van der Waals surface area contributed by atoms with Gasteiger partial charge in [0.05, 0.1) is 6.04 Å². The van der Waals surface area contributed by atoms with Crippen molar-refractivity contribution < 1.29 is 17.9 Å². The van der Waals surface area contributed by atoms with Crippen LogP contribution in [-0.4, -0.2) is 31.1 Å². The molecule has 0 fully saturated rings. The minimum atomic E-state index is -0.624. The van der Waals surface area contributed by atoms with E-state index in [-0.39, 0.29) is 5.83 Å². The molecule has 1 aromatic rings. The second-order valence-electron chi connectivity index (χ2n) is 6.19. The molecule has 2 atom stereocenters. The Morgan fingerprint density at radius 3 is 2.61 bits per heavy atom. The monoisotopic (exact) mass is 412 g/mol. The predicted octanol–water partition coefficient (Wildman–Crippen LogP) is 5.65. The minimum Gasteiger partial charge on any atom is -0.374 e. The standard InChI is InChI=1S/C19H21F3N2OS.C2H6/c1-23-10-12-11-24(26-15-5-3-4-13(20)8-15)18(19(12)25-2)16-7-6-14(21)9-17(16)22;1-2/h5-9,11,18-19,23H,3-4,10H2,1-2H3;1-2H3. The van der Waals surface area contributed by atoms with Gasteiger partial charge in [0.25, 0.3) is 0 Å². The average Bonchev–Trinajstić information content (AvgIpc) is 3.00. The third-order valence-electron chi connectivity index (χ3n) is 4.37. The maximum absolute atomic E-state index is 14.5. The molecule has 1 aliphatic carbocycles. The summed E-state index contributed by atoms with van der Waals surface area (Å²) in [4.78, 5) is 0.762. The van der Waals surface area contributed by atoms with Crippen LogP contribution in [0.25, 0.3) is 0 Å². The molecule has 3 rings (SSSR count). The van der Waals surface area contributed by atoms with Crippen LogP contribution < -0.4 is 5.32 Å². The summed E-state index contributed by atoms with van der Waals surface area (Å²) in [6.45, 7) is 4.57. The molecule has 0 spiro atoms. The van der Waals surface area contributed by atoms with E-state index in [1.165, 1.54) is 30.2 Å². The van der Waals surface area contributed by atoms with Crippen LogP contribution in [0.15, 0.2) is 52.9 Å². The zero-order valence-corrected chi connectivity index (χ0v) is 17.5. The first-order valence-electron chi connectivity index (χ1n) is 9.39. The highest BCUT2D eigenvalue weighted by molar-refractivity contribution is 8.01. The smallest absolute Gasteiger partial charge is 0.131 e. The van der Waals surface area contributed by atoms with Gasteiger partial charge in [-0.1, -0.05) is 26.0 Å². The van der Waals surface area contributed by atoms with Crippen molar-refractivity contribution in [2.24, 2.45) is 0 Å². The zero-order valence-electron chi connectivity index (χ0n) is 16.6. The van der Waals surface area contributed by atoms with E-state index in [4.69, 9.17) is 4.74 Å². The van der Waals surface area contributed by atoms with Gasteiger partial charge in [-0.05, 0) is 43.1 Å². The first kappa shape index (κ1) is 22.6. The summed E-state index contributed by atoms with van der Waals surface area (Å²) < 4.78 is 48.9. The lowest BCUT2D eigenvalue weighted by Crippen LogP contribution is -2.29. The number of halogens is 3. The number of hydrogen-bond donors (Lipinski definition) is 1. The molecule has 1 N–H and O–H groups in total. The molecule has 2 aliphatic rings. The van der Waals surface area contributed by atoms with Crippen LogP contribution in [0.4, 0.5) is 13.2 Å². The summed E-state index contributed by atoms with van der Waals surface area (Å²) >= 11 is 1.33. The van der Waals surface area contributed by atoms with Crippen molar-refractivity contribution in [2.75, 3.05) is 20.7 Å². The number of rotatable bonds is 6. The van der Waals surface area contributed by atoms with Gasteiger partial charge in [0.15, 0.2) is 0 Å². The lowest BCUT2D eigenvalue weighted by Gasteiger charge is -2.30. The average molecular weight is 413 g/mol. The van der Waals surface area contributed by atoms with Crippen LogP contribution in [0.3, 0.4) is 0 Å². The summed E-state index contributed by atoms with van der Waals surface area (Å²) in [6.07, 6.45) is 5.99. The maximum Gasteiger partial charge on any atom is 0.131 e. The molecule has 1 aliphatic heterocycles. The van der Waals surface area contributed by atoms with E-state index in [2.05, 4.69) is 5.32 Å². The Morgan fingerprint density at radius 1 is 1.25 bits per heavy atom. The van der Waals surface area contributed by atoms with Crippen LogP contribution in [0, 0.1) is 11.6 Å². The van der Waals surface area contributed by atoms with Crippen molar-refractivity contribution in [3.63, 3.8) is 0 Å². The van der Waals surface area contributed by atoms with Crippen molar-refractivity contribution >= 4 is 11.9 Å². The van der Waals surface area contributed by atoms with Crippen LogP contribution in [0.5, 0.6) is 0 Å². The second kappa shape index (κ2) is 10.7. The number of allylic oxidation sites excluding steroid dienone is 3. The van der Waals surface area contributed by atoms with Gasteiger partial charge in [0.2, 0.25) is 0 Å². The van der Waals surface area contributed by atoms with E-state index in [1.807, 2.05) is 37.5 Å². The molecular weight excluding hydrogens is 385 g/mol. The summed E-state index contributed by atoms with van der Waals surface area (Å²) in [7, 11) is 3.38. The fraction of sp³-hybridized carbons (Fsp3) is 0.429. The van der Waals surface area contributed by atoms with Gasteiger partial charge >= 0.3 is 0 Å². The van der Waals surface area contributed by atoms with Crippen molar-refractivity contribution in [3.05, 3.63) is 70.1 Å². The fourth-order valence-electron chi connectivity index (χ4n) is 3.23. The Hall–Kier alpha value is -1.70. The predicted molar refractivity (Wildman–Crippen MR) is 109 cm³/mol. The number of nitrogens with zero attached hydrogens (tertiary/aromatic N) is 1. The maximum atomic E-state index is 14.5. The van der Waals surface area contributed by atoms with Crippen molar-refractivity contribution in [2.45, 2.75) is 38.8 Å². The van der Waals surface area contributed by atoms with E-state index in [9.17, 15) is 13.2 Å². The molecule has 1 heterocycles. The van der Waals surface area contributed by atoms with E-state index in [0.717, 1.165) is 16.5 Å². The highest BCUT2D eigenvalue weighted by Gasteiger charge is 2.38.